The van der Waals surface area contributed by atoms with E-state index in [9.17, 15) is 5.11 Å². The van der Waals surface area contributed by atoms with E-state index in [4.69, 9.17) is 0 Å². The summed E-state index contributed by atoms with van der Waals surface area (Å²) in [7, 11) is 0. The average molecular weight is 404 g/mol. The van der Waals surface area contributed by atoms with E-state index in [0.717, 1.165) is 51.0 Å². The Morgan fingerprint density at radius 3 is 2.77 bits per heavy atom. The van der Waals surface area contributed by atoms with Crippen molar-refractivity contribution in [2.75, 3.05) is 19.7 Å². The van der Waals surface area contributed by atoms with E-state index in [2.05, 4.69) is 77.5 Å². The molecule has 4 nitrogen and oxygen atoms in total. The Hall–Kier alpha value is -2.43. The highest BCUT2D eigenvalue weighted by Crippen LogP contribution is 2.36. The van der Waals surface area contributed by atoms with Gasteiger partial charge in [-0.25, -0.2) is 0 Å². The van der Waals surface area contributed by atoms with Gasteiger partial charge in [0.15, 0.2) is 0 Å². The van der Waals surface area contributed by atoms with Crippen LogP contribution in [0.4, 0.5) is 0 Å². The molecule has 1 aliphatic rings. The molecule has 1 fully saturated rings. The number of benzene rings is 2. The van der Waals surface area contributed by atoms with Crippen LogP contribution in [0.1, 0.15) is 41.5 Å². The van der Waals surface area contributed by atoms with E-state index in [0.29, 0.717) is 0 Å². The van der Waals surface area contributed by atoms with Crippen molar-refractivity contribution in [3.05, 3.63) is 77.0 Å². The van der Waals surface area contributed by atoms with Crippen molar-refractivity contribution in [1.82, 2.24) is 15.1 Å². The van der Waals surface area contributed by atoms with Gasteiger partial charge >= 0.3 is 0 Å². The van der Waals surface area contributed by atoms with Crippen LogP contribution < -0.4 is 0 Å². The Morgan fingerprint density at radius 1 is 1.13 bits per heavy atom. The number of aliphatic hydroxyl groups is 1. The molecule has 1 aromatic heterocycles. The zero-order chi connectivity index (χ0) is 21.0. The number of nitrogens with zero attached hydrogens (tertiary/aromatic N) is 2. The SMILES string of the molecule is Cc1ccc(C)c(-c2[nH]ncc2CN2CCC[C@](CO)(CCc3ccccc3)C2)c1. The lowest BCUT2D eigenvalue weighted by atomic mass is 9.76. The number of aromatic nitrogens is 2. The summed E-state index contributed by atoms with van der Waals surface area (Å²) in [6, 6.07) is 17.2. The van der Waals surface area contributed by atoms with Crippen molar-refractivity contribution in [3.8, 4) is 11.3 Å². The van der Waals surface area contributed by atoms with Gasteiger partial charge < -0.3 is 5.11 Å². The minimum absolute atomic E-state index is 0.0166. The maximum atomic E-state index is 10.3. The largest absolute Gasteiger partial charge is 0.396 e. The zero-order valence-corrected chi connectivity index (χ0v) is 18.2. The van der Waals surface area contributed by atoms with Crippen LogP contribution >= 0.6 is 0 Å². The molecule has 30 heavy (non-hydrogen) atoms. The third-order valence-electron chi connectivity index (χ3n) is 6.64. The molecular weight excluding hydrogens is 370 g/mol. The highest BCUT2D eigenvalue weighted by molar-refractivity contribution is 5.67. The number of aromatic amines is 1. The van der Waals surface area contributed by atoms with Crippen LogP contribution in [-0.4, -0.2) is 39.9 Å². The second-order valence-corrected chi connectivity index (χ2v) is 9.05. The number of hydrogen-bond acceptors (Lipinski definition) is 3. The van der Waals surface area contributed by atoms with E-state index < -0.39 is 0 Å². The van der Waals surface area contributed by atoms with Gasteiger partial charge in [0.1, 0.15) is 0 Å². The fraction of sp³-hybridized carbons (Fsp3) is 0.423. The van der Waals surface area contributed by atoms with Gasteiger partial charge in [0.25, 0.3) is 0 Å². The normalized spacial score (nSPS) is 19.8. The Kier molecular flexibility index (Phi) is 6.35. The maximum Gasteiger partial charge on any atom is 0.0698 e. The Morgan fingerprint density at radius 2 is 1.97 bits per heavy atom. The number of piperidine rings is 1. The zero-order valence-electron chi connectivity index (χ0n) is 18.2. The molecule has 4 heteroatoms. The van der Waals surface area contributed by atoms with Gasteiger partial charge in [-0.1, -0.05) is 48.0 Å². The van der Waals surface area contributed by atoms with Gasteiger partial charge in [-0.2, -0.15) is 5.10 Å². The first-order chi connectivity index (χ1) is 14.6. The smallest absolute Gasteiger partial charge is 0.0698 e. The summed E-state index contributed by atoms with van der Waals surface area (Å²) in [5, 5.41) is 17.9. The predicted molar refractivity (Wildman–Crippen MR) is 122 cm³/mol. The van der Waals surface area contributed by atoms with Crippen LogP contribution in [0.25, 0.3) is 11.3 Å². The van der Waals surface area contributed by atoms with Gasteiger partial charge in [-0.15, -0.1) is 0 Å². The van der Waals surface area contributed by atoms with E-state index >= 15 is 0 Å². The van der Waals surface area contributed by atoms with Crippen LogP contribution in [0.15, 0.2) is 54.7 Å². The second kappa shape index (κ2) is 9.15. The van der Waals surface area contributed by atoms with Crippen LogP contribution in [0.3, 0.4) is 0 Å². The van der Waals surface area contributed by atoms with Crippen molar-refractivity contribution < 1.29 is 5.11 Å². The molecule has 1 saturated heterocycles. The number of H-pyrrole nitrogens is 1. The Balaban J connectivity index is 1.48. The van der Waals surface area contributed by atoms with Crippen molar-refractivity contribution in [2.45, 2.75) is 46.1 Å². The first kappa shape index (κ1) is 20.8. The molecule has 2 heterocycles. The molecule has 0 bridgehead atoms. The van der Waals surface area contributed by atoms with Gasteiger partial charge in [0, 0.05) is 36.2 Å². The first-order valence-corrected chi connectivity index (χ1v) is 11.1. The fourth-order valence-corrected chi connectivity index (χ4v) is 4.82. The number of nitrogens with one attached hydrogen (secondary N) is 1. The molecule has 0 radical (unpaired) electrons. The number of rotatable bonds is 7. The number of aliphatic hydroxyl groups excluding tert-OH is 1. The molecule has 2 N–H and O–H groups in total. The summed E-state index contributed by atoms with van der Waals surface area (Å²) >= 11 is 0. The molecule has 0 spiro atoms. The average Bonchev–Trinajstić information content (AvgIpc) is 3.23. The van der Waals surface area contributed by atoms with Crippen LogP contribution in [0, 0.1) is 19.3 Å². The minimum Gasteiger partial charge on any atom is -0.396 e. The summed E-state index contributed by atoms with van der Waals surface area (Å²) in [4.78, 5) is 2.50. The molecule has 1 atom stereocenters. The van der Waals surface area contributed by atoms with E-state index in [1.807, 2.05) is 6.20 Å². The number of aryl methyl sites for hydroxylation is 3. The van der Waals surface area contributed by atoms with Gasteiger partial charge in [-0.3, -0.25) is 10.00 Å². The van der Waals surface area contributed by atoms with E-state index in [-0.39, 0.29) is 12.0 Å². The first-order valence-electron chi connectivity index (χ1n) is 11.1. The number of likely N-dealkylation sites (tertiary alicyclic amines) is 1. The van der Waals surface area contributed by atoms with Gasteiger partial charge in [-0.05, 0) is 63.3 Å². The lowest BCUT2D eigenvalue weighted by Gasteiger charge is -2.42. The molecule has 3 aromatic rings. The molecule has 0 amide bonds. The highest BCUT2D eigenvalue weighted by atomic mass is 16.3. The van der Waals surface area contributed by atoms with Crippen molar-refractivity contribution in [1.29, 1.82) is 0 Å². The molecule has 0 aliphatic carbocycles. The van der Waals surface area contributed by atoms with Crippen molar-refractivity contribution >= 4 is 0 Å². The third-order valence-corrected chi connectivity index (χ3v) is 6.64. The van der Waals surface area contributed by atoms with Crippen LogP contribution in [0.5, 0.6) is 0 Å². The Labute approximate surface area is 180 Å². The molecule has 2 aromatic carbocycles. The topological polar surface area (TPSA) is 52.2 Å². The summed E-state index contributed by atoms with van der Waals surface area (Å²) in [5.41, 5.74) is 7.45. The second-order valence-electron chi connectivity index (χ2n) is 9.05. The summed E-state index contributed by atoms with van der Waals surface area (Å²) in [5.74, 6) is 0. The molecule has 4 rings (SSSR count). The minimum atomic E-state index is -0.0166. The standard InChI is InChI=1S/C26H33N3O/c1-20-9-10-21(2)24(15-20)25-23(16-27-28-25)17-29-14-6-12-26(18-29,19-30)13-11-22-7-4-3-5-8-22/h3-5,7-10,15-16,30H,6,11-14,17-19H2,1-2H3,(H,27,28)/t26-/m0/s1. The van der Waals surface area contributed by atoms with E-state index in [1.165, 1.54) is 27.8 Å². The summed E-state index contributed by atoms with van der Waals surface area (Å²) in [6.45, 7) is 7.42. The molecular formula is C26H33N3O. The van der Waals surface area contributed by atoms with Gasteiger partial charge in [0.2, 0.25) is 0 Å². The maximum absolute atomic E-state index is 10.3. The van der Waals surface area contributed by atoms with Crippen molar-refractivity contribution in [2.24, 2.45) is 5.41 Å². The monoisotopic (exact) mass is 403 g/mol. The quantitative estimate of drug-likeness (QED) is 0.590. The summed E-state index contributed by atoms with van der Waals surface area (Å²) in [6.07, 6.45) is 6.25. The molecule has 158 valence electrons. The van der Waals surface area contributed by atoms with Gasteiger partial charge in [0.05, 0.1) is 11.9 Å². The molecule has 0 saturated carbocycles. The lowest BCUT2D eigenvalue weighted by Crippen LogP contribution is -2.45. The molecule has 0 unspecified atom stereocenters. The third kappa shape index (κ3) is 4.66. The highest BCUT2D eigenvalue weighted by Gasteiger charge is 2.35. The van der Waals surface area contributed by atoms with Crippen molar-refractivity contribution in [3.63, 3.8) is 0 Å². The molecule has 1 aliphatic heterocycles. The Bertz CT molecular complexity index is 965. The van der Waals surface area contributed by atoms with Crippen LogP contribution in [-0.2, 0) is 13.0 Å². The summed E-state index contributed by atoms with van der Waals surface area (Å²) < 4.78 is 0. The lowest BCUT2D eigenvalue weighted by molar-refractivity contribution is 0.0224. The van der Waals surface area contributed by atoms with Crippen LogP contribution in [0.2, 0.25) is 0 Å². The van der Waals surface area contributed by atoms with E-state index in [1.54, 1.807) is 0 Å². The fourth-order valence-electron chi connectivity index (χ4n) is 4.82. The predicted octanol–water partition coefficient (Wildman–Crippen LogP) is 4.90. The number of hydrogen-bond donors (Lipinski definition) is 2.